The number of anilines is 1. The molecule has 1 fully saturated rings. The van der Waals surface area contributed by atoms with E-state index in [1.54, 1.807) is 48.4 Å². The van der Waals surface area contributed by atoms with Crippen LogP contribution < -0.4 is 14.8 Å². The van der Waals surface area contributed by atoms with Crippen LogP contribution in [0.15, 0.2) is 48.5 Å². The quantitative estimate of drug-likeness (QED) is 0.693. The van der Waals surface area contributed by atoms with Gasteiger partial charge in [0, 0.05) is 29.7 Å². The number of rotatable bonds is 9. The summed E-state index contributed by atoms with van der Waals surface area (Å²) < 4.78 is 10.9. The van der Waals surface area contributed by atoms with Crippen molar-refractivity contribution in [1.82, 2.24) is 4.90 Å². The van der Waals surface area contributed by atoms with Gasteiger partial charge in [-0.05, 0) is 49.2 Å². The molecule has 0 saturated heterocycles. The van der Waals surface area contributed by atoms with Crippen molar-refractivity contribution in [2.24, 2.45) is 0 Å². The number of carbonyl (C=O) groups excluding carboxylic acids is 2. The molecule has 0 aliphatic heterocycles. The standard InChI is InChI=1S/C21H23ClN2O4/c1-27-18-4-2-3-5-19(18)28-14-21(26)24(17-10-11-17)13-12-20(25)23-16-8-6-15(22)7-9-16/h2-9,17H,10-14H2,1H3,(H,23,25). The Balaban J connectivity index is 1.51. The highest BCUT2D eigenvalue weighted by atomic mass is 35.5. The first-order chi connectivity index (χ1) is 13.6. The van der Waals surface area contributed by atoms with Crippen LogP contribution in [-0.4, -0.2) is 43.0 Å². The van der Waals surface area contributed by atoms with E-state index in [-0.39, 0.29) is 30.9 Å². The molecule has 1 aliphatic carbocycles. The zero-order valence-corrected chi connectivity index (χ0v) is 16.4. The molecule has 148 valence electrons. The Hall–Kier alpha value is -2.73. The number of amides is 2. The number of nitrogens with one attached hydrogen (secondary N) is 1. The minimum Gasteiger partial charge on any atom is -0.493 e. The molecule has 1 saturated carbocycles. The van der Waals surface area contributed by atoms with Crippen molar-refractivity contribution in [3.05, 3.63) is 53.6 Å². The molecule has 0 bridgehead atoms. The average molecular weight is 403 g/mol. The highest BCUT2D eigenvalue weighted by Crippen LogP contribution is 2.29. The van der Waals surface area contributed by atoms with Crippen LogP contribution in [0.4, 0.5) is 5.69 Å². The highest BCUT2D eigenvalue weighted by molar-refractivity contribution is 6.30. The van der Waals surface area contributed by atoms with Crippen molar-refractivity contribution < 1.29 is 19.1 Å². The van der Waals surface area contributed by atoms with Crippen molar-refractivity contribution in [1.29, 1.82) is 0 Å². The molecular formula is C21H23ClN2O4. The summed E-state index contributed by atoms with van der Waals surface area (Å²) in [7, 11) is 1.56. The molecule has 0 spiro atoms. The van der Waals surface area contributed by atoms with Crippen LogP contribution in [0, 0.1) is 0 Å². The second kappa shape index (κ2) is 9.46. The second-order valence-electron chi connectivity index (χ2n) is 6.56. The van der Waals surface area contributed by atoms with E-state index in [1.807, 2.05) is 12.1 Å². The van der Waals surface area contributed by atoms with Gasteiger partial charge in [-0.25, -0.2) is 0 Å². The molecule has 0 unspecified atom stereocenters. The third-order valence-corrected chi connectivity index (χ3v) is 4.69. The first-order valence-electron chi connectivity index (χ1n) is 9.17. The fourth-order valence-electron chi connectivity index (χ4n) is 2.84. The predicted octanol–water partition coefficient (Wildman–Crippen LogP) is 3.75. The first-order valence-corrected chi connectivity index (χ1v) is 9.55. The Morgan fingerprint density at radius 3 is 2.43 bits per heavy atom. The molecular weight excluding hydrogens is 380 g/mol. The molecule has 3 rings (SSSR count). The monoisotopic (exact) mass is 402 g/mol. The van der Waals surface area contributed by atoms with Gasteiger partial charge in [-0.2, -0.15) is 0 Å². The van der Waals surface area contributed by atoms with Crippen molar-refractivity contribution >= 4 is 29.1 Å². The predicted molar refractivity (Wildman–Crippen MR) is 108 cm³/mol. The number of carbonyl (C=O) groups is 2. The van der Waals surface area contributed by atoms with Gasteiger partial charge in [0.05, 0.1) is 7.11 Å². The number of para-hydroxylation sites is 2. The largest absolute Gasteiger partial charge is 0.493 e. The van der Waals surface area contributed by atoms with E-state index in [0.717, 1.165) is 12.8 Å². The number of nitrogens with zero attached hydrogens (tertiary/aromatic N) is 1. The lowest BCUT2D eigenvalue weighted by Gasteiger charge is -2.22. The molecule has 0 heterocycles. The Morgan fingerprint density at radius 1 is 1.11 bits per heavy atom. The van der Waals surface area contributed by atoms with Crippen LogP contribution in [0.1, 0.15) is 19.3 Å². The Labute approximate surface area is 169 Å². The summed E-state index contributed by atoms with van der Waals surface area (Å²) in [5.74, 6) is 0.823. The molecule has 1 N–H and O–H groups in total. The molecule has 0 atom stereocenters. The van der Waals surface area contributed by atoms with Crippen LogP contribution in [0.2, 0.25) is 5.02 Å². The molecule has 7 heteroatoms. The smallest absolute Gasteiger partial charge is 0.260 e. The van der Waals surface area contributed by atoms with Gasteiger partial charge in [-0.3, -0.25) is 9.59 Å². The van der Waals surface area contributed by atoms with Crippen molar-refractivity contribution in [2.45, 2.75) is 25.3 Å². The van der Waals surface area contributed by atoms with Crippen molar-refractivity contribution in [2.75, 3.05) is 25.6 Å². The number of halogens is 1. The minimum absolute atomic E-state index is 0.0876. The number of hydrogen-bond acceptors (Lipinski definition) is 4. The molecule has 28 heavy (non-hydrogen) atoms. The van der Waals surface area contributed by atoms with E-state index < -0.39 is 0 Å². The van der Waals surface area contributed by atoms with Gasteiger partial charge in [0.25, 0.3) is 5.91 Å². The Kier molecular flexibility index (Phi) is 6.76. The van der Waals surface area contributed by atoms with Crippen molar-refractivity contribution in [3.8, 4) is 11.5 Å². The number of ether oxygens (including phenoxy) is 2. The molecule has 6 nitrogen and oxygen atoms in total. The molecule has 0 radical (unpaired) electrons. The van der Waals surface area contributed by atoms with Crippen LogP contribution in [0.5, 0.6) is 11.5 Å². The topological polar surface area (TPSA) is 67.9 Å². The second-order valence-corrected chi connectivity index (χ2v) is 7.00. The van der Waals surface area contributed by atoms with E-state index in [9.17, 15) is 9.59 Å². The van der Waals surface area contributed by atoms with Crippen LogP contribution in [-0.2, 0) is 9.59 Å². The lowest BCUT2D eigenvalue weighted by molar-refractivity contribution is -0.134. The van der Waals surface area contributed by atoms with E-state index in [2.05, 4.69) is 5.32 Å². The summed E-state index contributed by atoms with van der Waals surface area (Å²) in [5.41, 5.74) is 0.679. The van der Waals surface area contributed by atoms with E-state index in [1.165, 1.54) is 0 Å². The van der Waals surface area contributed by atoms with Gasteiger partial charge < -0.3 is 19.7 Å². The van der Waals surface area contributed by atoms with Gasteiger partial charge in [0.15, 0.2) is 18.1 Å². The van der Waals surface area contributed by atoms with Crippen LogP contribution in [0.3, 0.4) is 0 Å². The number of methoxy groups -OCH3 is 1. The summed E-state index contributed by atoms with van der Waals surface area (Å²) >= 11 is 5.84. The third kappa shape index (κ3) is 5.63. The normalized spacial score (nSPS) is 12.9. The van der Waals surface area contributed by atoms with Gasteiger partial charge in [0.1, 0.15) is 0 Å². The molecule has 2 aromatic carbocycles. The summed E-state index contributed by atoms with van der Waals surface area (Å²) in [6.45, 7) is 0.272. The van der Waals surface area contributed by atoms with Gasteiger partial charge >= 0.3 is 0 Å². The third-order valence-electron chi connectivity index (χ3n) is 4.44. The fourth-order valence-corrected chi connectivity index (χ4v) is 2.96. The lowest BCUT2D eigenvalue weighted by atomic mass is 10.3. The maximum Gasteiger partial charge on any atom is 0.260 e. The van der Waals surface area contributed by atoms with Crippen LogP contribution in [0.25, 0.3) is 0 Å². The SMILES string of the molecule is COc1ccccc1OCC(=O)N(CCC(=O)Nc1ccc(Cl)cc1)C1CC1. The maximum absolute atomic E-state index is 12.6. The first kappa shape index (κ1) is 20.0. The summed E-state index contributed by atoms with van der Waals surface area (Å²) in [4.78, 5) is 26.6. The van der Waals surface area contributed by atoms with E-state index >= 15 is 0 Å². The molecule has 2 aromatic rings. The average Bonchev–Trinajstić information content (AvgIpc) is 3.53. The van der Waals surface area contributed by atoms with Gasteiger partial charge in [0.2, 0.25) is 5.91 Å². The summed E-state index contributed by atoms with van der Waals surface area (Å²) in [5, 5.41) is 3.42. The lowest BCUT2D eigenvalue weighted by Crippen LogP contribution is -2.38. The van der Waals surface area contributed by atoms with Gasteiger partial charge in [-0.1, -0.05) is 23.7 Å². The van der Waals surface area contributed by atoms with Crippen LogP contribution >= 0.6 is 11.6 Å². The highest BCUT2D eigenvalue weighted by Gasteiger charge is 2.32. The summed E-state index contributed by atoms with van der Waals surface area (Å²) in [6.07, 6.45) is 2.14. The molecule has 0 aromatic heterocycles. The van der Waals surface area contributed by atoms with Gasteiger partial charge in [-0.15, -0.1) is 0 Å². The molecule has 2 amide bonds. The number of benzene rings is 2. The minimum atomic E-state index is -0.147. The van der Waals surface area contributed by atoms with E-state index in [0.29, 0.717) is 28.8 Å². The molecule has 1 aliphatic rings. The zero-order chi connectivity index (χ0) is 19.9. The van der Waals surface area contributed by atoms with Crippen molar-refractivity contribution in [3.63, 3.8) is 0 Å². The van der Waals surface area contributed by atoms with E-state index in [4.69, 9.17) is 21.1 Å². The summed E-state index contributed by atoms with van der Waals surface area (Å²) in [6, 6.07) is 14.3. The maximum atomic E-state index is 12.6. The Morgan fingerprint density at radius 2 is 1.79 bits per heavy atom. The fraction of sp³-hybridized carbons (Fsp3) is 0.333. The Bertz CT molecular complexity index is 821. The zero-order valence-electron chi connectivity index (χ0n) is 15.7. The number of hydrogen-bond donors (Lipinski definition) is 1.